The predicted octanol–water partition coefficient (Wildman–Crippen LogP) is 11.2. The fourth-order valence-corrected chi connectivity index (χ4v) is 8.43. The van der Waals surface area contributed by atoms with Gasteiger partial charge >= 0.3 is 0 Å². The minimum Gasteiger partial charge on any atom is -0.228 e. The first-order chi connectivity index (χ1) is 21.5. The highest BCUT2D eigenvalue weighted by atomic mass is 35.5. The molecule has 0 radical (unpaired) electrons. The van der Waals surface area contributed by atoms with Crippen molar-refractivity contribution in [3.63, 3.8) is 0 Å². The van der Waals surface area contributed by atoms with Gasteiger partial charge in [0.1, 0.15) is 11.6 Å². The molecule has 7 heteroatoms. The van der Waals surface area contributed by atoms with Gasteiger partial charge in [0, 0.05) is 21.2 Å². The smallest absolute Gasteiger partial charge is 0.158 e. The van der Waals surface area contributed by atoms with Crippen LogP contribution in [-0.4, -0.2) is 8.42 Å². The summed E-state index contributed by atoms with van der Waals surface area (Å²) in [5.41, 5.74) is 10.1. The van der Waals surface area contributed by atoms with Gasteiger partial charge in [0.2, 0.25) is 0 Å². The Kier molecular flexibility index (Phi) is 9.07. The summed E-state index contributed by atoms with van der Waals surface area (Å²) < 4.78 is 57.0. The summed E-state index contributed by atoms with van der Waals surface area (Å²) in [7, 11) is -3.86. The van der Waals surface area contributed by atoms with Gasteiger partial charge in [0.25, 0.3) is 0 Å². The van der Waals surface area contributed by atoms with E-state index in [0.717, 1.165) is 94.2 Å². The molecule has 4 aromatic rings. The lowest BCUT2D eigenvalue weighted by atomic mass is 9.96. The molecule has 0 heterocycles. The summed E-state index contributed by atoms with van der Waals surface area (Å²) in [5, 5.41) is 1.38. The van der Waals surface area contributed by atoms with E-state index < -0.39 is 33.0 Å². The van der Waals surface area contributed by atoms with Gasteiger partial charge in [-0.05, 0) is 132 Å². The van der Waals surface area contributed by atoms with Gasteiger partial charge in [-0.3, -0.25) is 0 Å². The molecule has 0 aliphatic heterocycles. The molecule has 232 valence electrons. The minimum atomic E-state index is -3.86. The molecular weight excluding hydrogens is 629 g/mol. The van der Waals surface area contributed by atoms with Crippen LogP contribution in [0, 0.1) is 25.5 Å². The monoisotopic (exact) mass is 662 g/mol. The Morgan fingerprint density at radius 2 is 0.889 bits per heavy atom. The van der Waals surface area contributed by atoms with Crippen molar-refractivity contribution in [3.8, 4) is 0 Å². The first-order valence-corrected chi connectivity index (χ1v) is 17.8. The molecule has 2 aliphatic carbocycles. The van der Waals surface area contributed by atoms with Gasteiger partial charge in [-0.2, -0.15) is 0 Å². The molecular formula is C38H34Cl2F2O2S. The molecule has 0 bridgehead atoms. The normalized spacial score (nSPS) is 15.4. The number of rotatable bonds is 8. The van der Waals surface area contributed by atoms with Gasteiger partial charge in [-0.15, -0.1) is 0 Å². The second kappa shape index (κ2) is 12.9. The Morgan fingerprint density at radius 3 is 1.22 bits per heavy atom. The van der Waals surface area contributed by atoms with Crippen molar-refractivity contribution in [2.75, 3.05) is 0 Å². The van der Waals surface area contributed by atoms with Crippen molar-refractivity contribution in [3.05, 3.63) is 139 Å². The van der Waals surface area contributed by atoms with Crippen LogP contribution in [0.5, 0.6) is 0 Å². The lowest BCUT2D eigenvalue weighted by molar-refractivity contribution is 0.580. The zero-order valence-electron chi connectivity index (χ0n) is 25.3. The molecule has 0 atom stereocenters. The maximum Gasteiger partial charge on any atom is 0.158 e. The summed E-state index contributed by atoms with van der Waals surface area (Å²) in [6, 6.07) is 21.4. The van der Waals surface area contributed by atoms with Gasteiger partial charge in [-0.25, -0.2) is 17.2 Å². The number of benzene rings is 4. The molecule has 2 nitrogen and oxygen atoms in total. The highest BCUT2D eigenvalue weighted by Crippen LogP contribution is 2.42. The van der Waals surface area contributed by atoms with E-state index >= 15 is 8.78 Å². The second-order valence-electron chi connectivity index (χ2n) is 12.2. The Labute approximate surface area is 274 Å². The van der Waals surface area contributed by atoms with Gasteiger partial charge in [-0.1, -0.05) is 71.7 Å². The fourth-order valence-electron chi connectivity index (χ4n) is 6.55. The fraction of sp³-hybridized carbons (Fsp3) is 0.263. The van der Waals surface area contributed by atoms with Crippen LogP contribution < -0.4 is 0 Å². The van der Waals surface area contributed by atoms with Crippen LogP contribution in [0.1, 0.15) is 83.0 Å². The molecule has 6 rings (SSSR count). The number of sulfone groups is 1. The van der Waals surface area contributed by atoms with Gasteiger partial charge in [0.05, 0.1) is 11.5 Å². The molecule has 45 heavy (non-hydrogen) atoms. The Morgan fingerprint density at radius 1 is 0.556 bits per heavy atom. The predicted molar refractivity (Wildman–Crippen MR) is 183 cm³/mol. The first-order valence-electron chi connectivity index (χ1n) is 15.2. The Bertz CT molecular complexity index is 1860. The average molecular weight is 664 g/mol. The number of halogens is 4. The van der Waals surface area contributed by atoms with Crippen LogP contribution >= 0.6 is 23.2 Å². The number of hydrogen-bond acceptors (Lipinski definition) is 2. The third kappa shape index (κ3) is 6.82. The molecule has 0 saturated carbocycles. The van der Waals surface area contributed by atoms with Crippen molar-refractivity contribution < 1.29 is 17.2 Å². The Hall–Kier alpha value is -3.25. The maximum absolute atomic E-state index is 15.4. The maximum atomic E-state index is 15.4. The third-order valence-corrected chi connectivity index (χ3v) is 11.3. The molecule has 0 fully saturated rings. The topological polar surface area (TPSA) is 34.1 Å². The number of aryl methyl sites for hydroxylation is 2. The van der Waals surface area contributed by atoms with Crippen molar-refractivity contribution in [2.24, 2.45) is 0 Å². The quantitative estimate of drug-likeness (QED) is 0.188. The molecule has 0 saturated heterocycles. The molecule has 0 amide bonds. The van der Waals surface area contributed by atoms with Crippen LogP contribution in [0.15, 0.2) is 72.8 Å². The molecule has 0 unspecified atom stereocenters. The number of allylic oxidation sites excluding steroid dienone is 4. The van der Waals surface area contributed by atoms with E-state index in [1.165, 1.54) is 24.3 Å². The lowest BCUT2D eigenvalue weighted by Crippen LogP contribution is -2.10. The largest absolute Gasteiger partial charge is 0.228 e. The standard InChI is InChI=1S/C38H34Cl2F2O2S/c1-23-9-11-25(17-35(23)39)31-5-3-7-33(31)27-13-15-29(37(41)19-27)21-45(43,44)22-30-16-14-28(20-38(30)42)34-8-4-6-32(34)26-12-10-24(2)36(40)18-26/h9-20H,3-8,21-22H2,1-2H3. The van der Waals surface area contributed by atoms with Crippen molar-refractivity contribution >= 4 is 55.3 Å². The van der Waals surface area contributed by atoms with Crippen molar-refractivity contribution in [2.45, 2.75) is 63.9 Å². The van der Waals surface area contributed by atoms with Crippen LogP contribution in [-0.2, 0) is 21.3 Å². The number of hydrogen-bond donors (Lipinski definition) is 0. The van der Waals surface area contributed by atoms with Crippen molar-refractivity contribution in [1.29, 1.82) is 0 Å². The zero-order chi connectivity index (χ0) is 31.9. The van der Waals surface area contributed by atoms with E-state index in [2.05, 4.69) is 0 Å². The van der Waals surface area contributed by atoms with Gasteiger partial charge in [0.15, 0.2) is 9.84 Å². The summed E-state index contributed by atoms with van der Waals surface area (Å²) in [4.78, 5) is 0. The zero-order valence-corrected chi connectivity index (χ0v) is 27.7. The first kappa shape index (κ1) is 31.7. The summed E-state index contributed by atoms with van der Waals surface area (Å²) in [5.74, 6) is -2.18. The highest BCUT2D eigenvalue weighted by molar-refractivity contribution is 7.89. The van der Waals surface area contributed by atoms with E-state index in [1.807, 2.05) is 50.2 Å². The van der Waals surface area contributed by atoms with Crippen molar-refractivity contribution in [1.82, 2.24) is 0 Å². The van der Waals surface area contributed by atoms with Crippen LogP contribution in [0.3, 0.4) is 0 Å². The van der Waals surface area contributed by atoms with Gasteiger partial charge < -0.3 is 0 Å². The van der Waals surface area contributed by atoms with E-state index in [1.54, 1.807) is 12.1 Å². The van der Waals surface area contributed by atoms with E-state index in [-0.39, 0.29) is 11.1 Å². The minimum absolute atomic E-state index is 0.0758. The third-order valence-electron chi connectivity index (χ3n) is 9.03. The summed E-state index contributed by atoms with van der Waals surface area (Å²) in [6.07, 6.45) is 5.27. The van der Waals surface area contributed by atoms with E-state index in [4.69, 9.17) is 23.2 Å². The van der Waals surface area contributed by atoms with Crippen LogP contribution in [0.4, 0.5) is 8.78 Å². The average Bonchev–Trinajstić information content (AvgIpc) is 3.69. The van der Waals surface area contributed by atoms with Crippen LogP contribution in [0.2, 0.25) is 10.0 Å². The Balaban J connectivity index is 1.20. The summed E-state index contributed by atoms with van der Waals surface area (Å²) in [6.45, 7) is 3.91. The SMILES string of the molecule is Cc1ccc(C2=C(c3ccc(CS(=O)(=O)Cc4ccc(C5=C(c6ccc(C)c(Cl)c6)CCC5)cc4F)c(F)c3)CCC2)cc1Cl. The molecule has 2 aliphatic rings. The second-order valence-corrected chi connectivity index (χ2v) is 15.1. The lowest BCUT2D eigenvalue weighted by Gasteiger charge is -2.13. The highest BCUT2D eigenvalue weighted by Gasteiger charge is 2.23. The molecule has 0 spiro atoms. The molecule has 0 N–H and O–H groups in total. The van der Waals surface area contributed by atoms with E-state index in [9.17, 15) is 8.42 Å². The van der Waals surface area contributed by atoms with E-state index in [0.29, 0.717) is 10.0 Å². The molecule has 0 aromatic heterocycles. The summed E-state index contributed by atoms with van der Waals surface area (Å²) >= 11 is 12.7. The van der Waals surface area contributed by atoms with Crippen LogP contribution in [0.25, 0.3) is 22.3 Å². The molecule has 4 aromatic carbocycles.